The van der Waals surface area contributed by atoms with Gasteiger partial charge in [-0.3, -0.25) is 9.69 Å². The highest BCUT2D eigenvalue weighted by Gasteiger charge is 2.34. The minimum Gasteiger partial charge on any atom is -0.383 e. The second-order valence-corrected chi connectivity index (χ2v) is 10.3. The fourth-order valence-corrected chi connectivity index (χ4v) is 5.38. The number of ether oxygens (including phenoxy) is 2. The van der Waals surface area contributed by atoms with Crippen molar-refractivity contribution in [3.8, 4) is 0 Å². The number of benzene rings is 2. The van der Waals surface area contributed by atoms with Crippen LogP contribution in [0, 0.1) is 31.5 Å². The van der Waals surface area contributed by atoms with Gasteiger partial charge in [0.1, 0.15) is 5.82 Å². The van der Waals surface area contributed by atoms with Gasteiger partial charge in [0, 0.05) is 52.0 Å². The standard InChI is InChI=1S/C31H43FN2O3.ClH/c1-23-18-26(10-8-9-13-33(14-16-36-4)15-17-37-5)19-24(2)30(23)34-22-27(20-25(3)31(34)35)21-28-11-6-7-12-29(28)32;/h6-8,10-12,18-19,25,27H,9,13-17,20-22H2,1-5H3;1H/b10-8+;/t25-,27-;/m1./s1. The molecule has 1 aliphatic heterocycles. The fraction of sp³-hybridized carbons (Fsp3) is 0.516. The SMILES string of the molecule is COCCN(CC/C=C/c1cc(C)c(N2C[C@@H](Cc3ccccc3F)C[C@@H](C)C2=O)c(C)c1)CCOC.Cl. The number of carbonyl (C=O) groups excluding carboxylic acids is 1. The summed E-state index contributed by atoms with van der Waals surface area (Å²) >= 11 is 0. The number of rotatable bonds is 13. The Hall–Kier alpha value is -2.25. The average Bonchev–Trinajstić information content (AvgIpc) is 2.86. The summed E-state index contributed by atoms with van der Waals surface area (Å²) in [5.41, 5.74) is 5.05. The summed E-state index contributed by atoms with van der Waals surface area (Å²) in [6, 6.07) is 11.3. The average molecular weight is 547 g/mol. The molecule has 0 aromatic heterocycles. The largest absolute Gasteiger partial charge is 0.383 e. The van der Waals surface area contributed by atoms with E-state index in [1.54, 1.807) is 20.3 Å². The van der Waals surface area contributed by atoms with Crippen molar-refractivity contribution < 1.29 is 18.7 Å². The van der Waals surface area contributed by atoms with Crippen molar-refractivity contribution in [1.29, 1.82) is 0 Å². The highest BCUT2D eigenvalue weighted by atomic mass is 35.5. The Kier molecular flexibility index (Phi) is 13.5. The van der Waals surface area contributed by atoms with Gasteiger partial charge in [-0.25, -0.2) is 4.39 Å². The predicted octanol–water partition coefficient (Wildman–Crippen LogP) is 6.09. The van der Waals surface area contributed by atoms with E-state index in [4.69, 9.17) is 9.47 Å². The number of piperidine rings is 1. The van der Waals surface area contributed by atoms with Crippen LogP contribution in [-0.2, 0) is 20.7 Å². The number of amides is 1. The van der Waals surface area contributed by atoms with Crippen molar-refractivity contribution in [3.05, 3.63) is 70.5 Å². The third kappa shape index (κ3) is 8.91. The van der Waals surface area contributed by atoms with Gasteiger partial charge in [0.2, 0.25) is 5.91 Å². The first kappa shape index (κ1) is 32.0. The van der Waals surface area contributed by atoms with Gasteiger partial charge in [0.25, 0.3) is 0 Å². The Bertz CT molecular complexity index is 1030. The molecule has 0 N–H and O–H groups in total. The van der Waals surface area contributed by atoms with E-state index in [2.05, 4.69) is 43.0 Å². The normalized spacial score (nSPS) is 17.9. The van der Waals surface area contributed by atoms with Crippen LogP contribution >= 0.6 is 12.4 Å². The maximum absolute atomic E-state index is 14.3. The first-order valence-corrected chi connectivity index (χ1v) is 13.4. The van der Waals surface area contributed by atoms with Crippen LogP contribution < -0.4 is 4.90 Å². The molecule has 5 nitrogen and oxygen atoms in total. The van der Waals surface area contributed by atoms with E-state index in [0.717, 1.165) is 60.4 Å². The lowest BCUT2D eigenvalue weighted by molar-refractivity contribution is -0.124. The number of nitrogens with zero attached hydrogens (tertiary/aromatic N) is 2. The van der Waals surface area contributed by atoms with Gasteiger partial charge < -0.3 is 14.4 Å². The predicted molar refractivity (Wildman–Crippen MR) is 157 cm³/mol. The molecule has 0 aliphatic carbocycles. The molecule has 1 heterocycles. The van der Waals surface area contributed by atoms with Gasteiger partial charge in [-0.2, -0.15) is 0 Å². The Morgan fingerprint density at radius 3 is 2.29 bits per heavy atom. The summed E-state index contributed by atoms with van der Waals surface area (Å²) in [5.74, 6) is 0.138. The van der Waals surface area contributed by atoms with Crippen molar-refractivity contribution in [2.24, 2.45) is 11.8 Å². The summed E-state index contributed by atoms with van der Waals surface area (Å²) in [6.45, 7) is 10.9. The zero-order valence-electron chi connectivity index (χ0n) is 23.5. The van der Waals surface area contributed by atoms with Crippen LogP contribution in [0.3, 0.4) is 0 Å². The van der Waals surface area contributed by atoms with E-state index >= 15 is 0 Å². The van der Waals surface area contributed by atoms with Crippen molar-refractivity contribution in [1.82, 2.24) is 4.90 Å². The molecule has 3 rings (SSSR count). The summed E-state index contributed by atoms with van der Waals surface area (Å²) in [5, 5.41) is 0. The van der Waals surface area contributed by atoms with Crippen LogP contribution in [0.4, 0.5) is 10.1 Å². The molecule has 0 unspecified atom stereocenters. The van der Waals surface area contributed by atoms with Gasteiger partial charge >= 0.3 is 0 Å². The molecule has 210 valence electrons. The Morgan fingerprint density at radius 1 is 1.05 bits per heavy atom. The quantitative estimate of drug-likeness (QED) is 0.305. The van der Waals surface area contributed by atoms with Gasteiger partial charge in [-0.05, 0) is 79.5 Å². The molecule has 1 fully saturated rings. The van der Waals surface area contributed by atoms with E-state index in [-0.39, 0.29) is 36.0 Å². The lowest BCUT2D eigenvalue weighted by Gasteiger charge is -2.38. The summed E-state index contributed by atoms with van der Waals surface area (Å²) in [7, 11) is 3.45. The van der Waals surface area contributed by atoms with Crippen LogP contribution in [0.5, 0.6) is 0 Å². The molecule has 7 heteroatoms. The molecule has 0 bridgehead atoms. The zero-order chi connectivity index (χ0) is 26.8. The number of anilines is 1. The molecule has 0 saturated carbocycles. The molecular weight excluding hydrogens is 503 g/mol. The molecule has 2 aromatic carbocycles. The van der Waals surface area contributed by atoms with Crippen molar-refractivity contribution in [2.75, 3.05) is 58.5 Å². The smallest absolute Gasteiger partial charge is 0.229 e. The van der Waals surface area contributed by atoms with Crippen LogP contribution in [0.25, 0.3) is 6.08 Å². The number of halogens is 2. The molecule has 0 radical (unpaired) electrons. The minimum atomic E-state index is -0.164. The number of aryl methyl sites for hydroxylation is 2. The highest BCUT2D eigenvalue weighted by Crippen LogP contribution is 2.34. The number of hydrogen-bond acceptors (Lipinski definition) is 4. The Balaban J connectivity index is 0.00000507. The van der Waals surface area contributed by atoms with Gasteiger partial charge in [-0.1, -0.05) is 37.3 Å². The van der Waals surface area contributed by atoms with Crippen molar-refractivity contribution in [2.45, 2.75) is 40.0 Å². The van der Waals surface area contributed by atoms with E-state index in [9.17, 15) is 9.18 Å². The van der Waals surface area contributed by atoms with Gasteiger partial charge in [-0.15, -0.1) is 12.4 Å². The molecule has 38 heavy (non-hydrogen) atoms. The highest BCUT2D eigenvalue weighted by molar-refractivity contribution is 5.97. The van der Waals surface area contributed by atoms with Gasteiger partial charge in [0.05, 0.1) is 13.2 Å². The van der Waals surface area contributed by atoms with Crippen molar-refractivity contribution >= 4 is 30.1 Å². The third-order valence-corrected chi connectivity index (χ3v) is 7.21. The fourth-order valence-electron chi connectivity index (χ4n) is 5.38. The lowest BCUT2D eigenvalue weighted by atomic mass is 9.84. The summed E-state index contributed by atoms with van der Waals surface area (Å²) in [4.78, 5) is 17.5. The summed E-state index contributed by atoms with van der Waals surface area (Å²) in [6.07, 6.45) is 6.74. The summed E-state index contributed by atoms with van der Waals surface area (Å²) < 4.78 is 24.7. The monoisotopic (exact) mass is 546 g/mol. The van der Waals surface area contributed by atoms with Crippen molar-refractivity contribution in [3.63, 3.8) is 0 Å². The lowest BCUT2D eigenvalue weighted by Crippen LogP contribution is -2.46. The molecule has 1 amide bonds. The number of methoxy groups -OCH3 is 2. The number of carbonyl (C=O) groups is 1. The van der Waals surface area contributed by atoms with E-state index < -0.39 is 0 Å². The minimum absolute atomic E-state index is 0. The Labute approximate surface area is 234 Å². The van der Waals surface area contributed by atoms with E-state index in [0.29, 0.717) is 26.2 Å². The molecular formula is C31H44ClFN2O3. The maximum atomic E-state index is 14.3. The zero-order valence-corrected chi connectivity index (χ0v) is 24.4. The first-order chi connectivity index (χ1) is 17.8. The topological polar surface area (TPSA) is 42.0 Å². The molecule has 1 saturated heterocycles. The second-order valence-electron chi connectivity index (χ2n) is 10.3. The Morgan fingerprint density at radius 2 is 1.68 bits per heavy atom. The number of hydrogen-bond donors (Lipinski definition) is 0. The molecule has 1 aliphatic rings. The van der Waals surface area contributed by atoms with Crippen LogP contribution in [0.15, 0.2) is 42.5 Å². The van der Waals surface area contributed by atoms with Gasteiger partial charge in [0.15, 0.2) is 0 Å². The molecule has 2 atom stereocenters. The van der Waals surface area contributed by atoms with Crippen LogP contribution in [0.1, 0.15) is 42.0 Å². The van der Waals surface area contributed by atoms with Crippen LogP contribution in [-0.4, -0.2) is 64.4 Å². The maximum Gasteiger partial charge on any atom is 0.229 e. The third-order valence-electron chi connectivity index (χ3n) is 7.21. The van der Waals surface area contributed by atoms with Crippen LogP contribution in [0.2, 0.25) is 0 Å². The van der Waals surface area contributed by atoms with E-state index in [1.165, 1.54) is 6.07 Å². The van der Waals surface area contributed by atoms with E-state index in [1.807, 2.05) is 24.0 Å². The second kappa shape index (κ2) is 16.0. The first-order valence-electron chi connectivity index (χ1n) is 13.4. The molecule has 0 spiro atoms. The molecule has 2 aromatic rings.